The van der Waals surface area contributed by atoms with Crippen molar-refractivity contribution in [1.82, 2.24) is 5.32 Å². The lowest BCUT2D eigenvalue weighted by molar-refractivity contribution is 0.277. The first-order valence-corrected chi connectivity index (χ1v) is 7.49. The molecular weight excluding hydrogens is 234 g/mol. The summed E-state index contributed by atoms with van der Waals surface area (Å²) in [4.78, 5) is 0. The molecule has 0 radical (unpaired) electrons. The standard InChI is InChI=1S/C17H27NO/c1-13(2)18-11-10-17(3,4)15-9-5-7-14-8-6-12-19-16(14)15/h5,7,9,13,18H,6,8,10-12H2,1-4H3. The van der Waals surface area contributed by atoms with E-state index < -0.39 is 0 Å². The molecule has 0 atom stereocenters. The molecule has 106 valence electrons. The number of rotatable bonds is 5. The van der Waals surface area contributed by atoms with E-state index >= 15 is 0 Å². The van der Waals surface area contributed by atoms with Gasteiger partial charge in [0.2, 0.25) is 0 Å². The second-order valence-corrected chi connectivity index (χ2v) is 6.49. The van der Waals surface area contributed by atoms with Gasteiger partial charge in [0.25, 0.3) is 0 Å². The Morgan fingerprint density at radius 1 is 1.32 bits per heavy atom. The minimum Gasteiger partial charge on any atom is -0.493 e. The third-order valence-electron chi connectivity index (χ3n) is 3.97. The molecule has 1 N–H and O–H groups in total. The van der Waals surface area contributed by atoms with Gasteiger partial charge in [-0.25, -0.2) is 0 Å². The van der Waals surface area contributed by atoms with Crippen LogP contribution < -0.4 is 10.1 Å². The largest absolute Gasteiger partial charge is 0.493 e. The van der Waals surface area contributed by atoms with Gasteiger partial charge < -0.3 is 10.1 Å². The fourth-order valence-corrected chi connectivity index (χ4v) is 2.73. The van der Waals surface area contributed by atoms with Gasteiger partial charge in [0.1, 0.15) is 5.75 Å². The second kappa shape index (κ2) is 5.96. The molecule has 1 aromatic rings. The summed E-state index contributed by atoms with van der Waals surface area (Å²) >= 11 is 0. The smallest absolute Gasteiger partial charge is 0.126 e. The highest BCUT2D eigenvalue weighted by atomic mass is 16.5. The first kappa shape index (κ1) is 14.4. The molecular formula is C17H27NO. The van der Waals surface area contributed by atoms with Gasteiger partial charge in [0, 0.05) is 11.6 Å². The molecule has 0 unspecified atom stereocenters. The molecule has 0 spiro atoms. The van der Waals surface area contributed by atoms with E-state index in [0.717, 1.165) is 38.2 Å². The van der Waals surface area contributed by atoms with Crippen molar-refractivity contribution in [2.24, 2.45) is 0 Å². The zero-order valence-electron chi connectivity index (χ0n) is 12.8. The van der Waals surface area contributed by atoms with Crippen molar-refractivity contribution in [1.29, 1.82) is 0 Å². The first-order chi connectivity index (χ1) is 9.00. The average Bonchev–Trinajstić information content (AvgIpc) is 2.37. The molecule has 19 heavy (non-hydrogen) atoms. The van der Waals surface area contributed by atoms with Crippen LogP contribution in [0.3, 0.4) is 0 Å². The van der Waals surface area contributed by atoms with E-state index in [1.54, 1.807) is 0 Å². The van der Waals surface area contributed by atoms with Crippen LogP contribution in [0.5, 0.6) is 5.75 Å². The lowest BCUT2D eigenvalue weighted by Gasteiger charge is -2.31. The number of ether oxygens (including phenoxy) is 1. The summed E-state index contributed by atoms with van der Waals surface area (Å²) in [5.74, 6) is 1.16. The Morgan fingerprint density at radius 3 is 2.84 bits per heavy atom. The van der Waals surface area contributed by atoms with Crippen LogP contribution in [0.1, 0.15) is 51.7 Å². The Balaban J connectivity index is 2.15. The molecule has 2 rings (SSSR count). The molecule has 0 bridgehead atoms. The van der Waals surface area contributed by atoms with E-state index in [0.29, 0.717) is 6.04 Å². The van der Waals surface area contributed by atoms with Crippen molar-refractivity contribution in [2.45, 2.75) is 58.4 Å². The average molecular weight is 261 g/mol. The molecule has 2 nitrogen and oxygen atoms in total. The molecule has 0 amide bonds. The highest BCUT2D eigenvalue weighted by molar-refractivity contribution is 5.46. The molecule has 1 heterocycles. The van der Waals surface area contributed by atoms with Crippen LogP contribution in [0.15, 0.2) is 18.2 Å². The summed E-state index contributed by atoms with van der Waals surface area (Å²) in [5, 5.41) is 3.51. The third-order valence-corrected chi connectivity index (χ3v) is 3.97. The number of benzene rings is 1. The Labute approximate surface area is 117 Å². The van der Waals surface area contributed by atoms with Crippen LogP contribution in [-0.2, 0) is 11.8 Å². The van der Waals surface area contributed by atoms with Gasteiger partial charge in [-0.2, -0.15) is 0 Å². The summed E-state index contributed by atoms with van der Waals surface area (Å²) < 4.78 is 5.95. The Bertz CT molecular complexity index is 423. The summed E-state index contributed by atoms with van der Waals surface area (Å²) in [5.41, 5.74) is 2.91. The molecule has 0 fully saturated rings. The fraction of sp³-hybridized carbons (Fsp3) is 0.647. The zero-order chi connectivity index (χ0) is 13.9. The minimum absolute atomic E-state index is 0.157. The van der Waals surface area contributed by atoms with Crippen LogP contribution in [-0.4, -0.2) is 19.2 Å². The predicted molar refractivity (Wildman–Crippen MR) is 81.0 cm³/mol. The van der Waals surface area contributed by atoms with Crippen LogP contribution in [0.4, 0.5) is 0 Å². The number of para-hydroxylation sites is 1. The van der Waals surface area contributed by atoms with Crippen LogP contribution in [0, 0.1) is 0 Å². The quantitative estimate of drug-likeness (QED) is 0.873. The first-order valence-electron chi connectivity index (χ1n) is 7.49. The van der Waals surface area contributed by atoms with Gasteiger partial charge in [-0.05, 0) is 36.8 Å². The second-order valence-electron chi connectivity index (χ2n) is 6.49. The van der Waals surface area contributed by atoms with Gasteiger partial charge >= 0.3 is 0 Å². The predicted octanol–water partition coefficient (Wildman–Crippen LogP) is 3.68. The number of nitrogens with one attached hydrogen (secondary N) is 1. The van der Waals surface area contributed by atoms with Crippen molar-refractivity contribution in [2.75, 3.05) is 13.2 Å². The molecule has 0 saturated carbocycles. The number of aryl methyl sites for hydroxylation is 1. The summed E-state index contributed by atoms with van der Waals surface area (Å²) in [6.07, 6.45) is 3.43. The van der Waals surface area contributed by atoms with Gasteiger partial charge in [0.05, 0.1) is 6.61 Å². The fourth-order valence-electron chi connectivity index (χ4n) is 2.73. The summed E-state index contributed by atoms with van der Waals surface area (Å²) in [6.45, 7) is 10.9. The highest BCUT2D eigenvalue weighted by Gasteiger charge is 2.26. The topological polar surface area (TPSA) is 21.3 Å². The Kier molecular flexibility index (Phi) is 4.51. The van der Waals surface area contributed by atoms with Crippen LogP contribution in [0.2, 0.25) is 0 Å². The van der Waals surface area contributed by atoms with E-state index in [-0.39, 0.29) is 5.41 Å². The molecule has 1 aromatic carbocycles. The highest BCUT2D eigenvalue weighted by Crippen LogP contribution is 2.38. The van der Waals surface area contributed by atoms with E-state index in [2.05, 4.69) is 51.2 Å². The lowest BCUT2D eigenvalue weighted by atomic mass is 9.79. The molecule has 0 aliphatic carbocycles. The number of hydrogen-bond acceptors (Lipinski definition) is 2. The molecule has 0 aromatic heterocycles. The van der Waals surface area contributed by atoms with Crippen molar-refractivity contribution < 1.29 is 4.74 Å². The van der Waals surface area contributed by atoms with E-state index in [1.807, 2.05) is 0 Å². The molecule has 1 aliphatic rings. The minimum atomic E-state index is 0.157. The Morgan fingerprint density at radius 2 is 2.11 bits per heavy atom. The third kappa shape index (κ3) is 3.50. The SMILES string of the molecule is CC(C)NCCC(C)(C)c1cccc2c1OCCC2. The van der Waals surface area contributed by atoms with Gasteiger partial charge in [-0.15, -0.1) is 0 Å². The van der Waals surface area contributed by atoms with Crippen LogP contribution in [0.25, 0.3) is 0 Å². The maximum absolute atomic E-state index is 5.95. The molecule has 0 saturated heterocycles. The van der Waals surface area contributed by atoms with E-state index in [4.69, 9.17) is 4.74 Å². The normalized spacial score (nSPS) is 15.2. The Hall–Kier alpha value is -1.02. The summed E-state index contributed by atoms with van der Waals surface area (Å²) in [6, 6.07) is 7.18. The summed E-state index contributed by atoms with van der Waals surface area (Å²) in [7, 11) is 0. The van der Waals surface area contributed by atoms with E-state index in [9.17, 15) is 0 Å². The zero-order valence-corrected chi connectivity index (χ0v) is 12.8. The molecule has 2 heteroatoms. The lowest BCUT2D eigenvalue weighted by Crippen LogP contribution is -2.30. The maximum Gasteiger partial charge on any atom is 0.126 e. The van der Waals surface area contributed by atoms with Crippen molar-refractivity contribution in [3.63, 3.8) is 0 Å². The van der Waals surface area contributed by atoms with Crippen LogP contribution >= 0.6 is 0 Å². The van der Waals surface area contributed by atoms with Crippen molar-refractivity contribution >= 4 is 0 Å². The number of hydrogen-bond donors (Lipinski definition) is 1. The number of fused-ring (bicyclic) bond motifs is 1. The van der Waals surface area contributed by atoms with Gasteiger partial charge in [-0.1, -0.05) is 45.9 Å². The monoisotopic (exact) mass is 261 g/mol. The van der Waals surface area contributed by atoms with Gasteiger partial charge in [0.15, 0.2) is 0 Å². The molecule has 1 aliphatic heterocycles. The van der Waals surface area contributed by atoms with Crippen molar-refractivity contribution in [3.8, 4) is 5.75 Å². The maximum atomic E-state index is 5.95. The van der Waals surface area contributed by atoms with Crippen molar-refractivity contribution in [3.05, 3.63) is 29.3 Å². The van der Waals surface area contributed by atoms with E-state index in [1.165, 1.54) is 11.1 Å². The van der Waals surface area contributed by atoms with Gasteiger partial charge in [-0.3, -0.25) is 0 Å².